The van der Waals surface area contributed by atoms with Crippen LogP contribution in [0.3, 0.4) is 0 Å². The van der Waals surface area contributed by atoms with Gasteiger partial charge in [0.2, 0.25) is 0 Å². The Morgan fingerprint density at radius 3 is 2.39 bits per heavy atom. The molecule has 0 saturated heterocycles. The van der Waals surface area contributed by atoms with Gasteiger partial charge in [0, 0.05) is 6.04 Å². The van der Waals surface area contributed by atoms with E-state index < -0.39 is 35.7 Å². The van der Waals surface area contributed by atoms with E-state index in [0.717, 1.165) is 0 Å². The number of amides is 1. The van der Waals surface area contributed by atoms with E-state index in [4.69, 9.17) is 4.74 Å². The summed E-state index contributed by atoms with van der Waals surface area (Å²) in [6, 6.07) is -0.442. The summed E-state index contributed by atoms with van der Waals surface area (Å²) in [5, 5.41) is 12.2. The van der Waals surface area contributed by atoms with Crippen LogP contribution in [0.15, 0.2) is 0 Å². The lowest BCUT2D eigenvalue weighted by atomic mass is 10.0. The molecule has 6 heteroatoms. The Balaban J connectivity index is 2.59. The first-order chi connectivity index (χ1) is 8.23. The van der Waals surface area contributed by atoms with Gasteiger partial charge in [-0.1, -0.05) is 0 Å². The van der Waals surface area contributed by atoms with Crippen molar-refractivity contribution in [3.63, 3.8) is 0 Å². The molecular formula is C12H21NO5. The third-order valence-corrected chi connectivity index (χ3v) is 2.74. The largest absolute Gasteiger partial charge is 0.469 e. The molecule has 0 aromatic carbocycles. The highest BCUT2D eigenvalue weighted by molar-refractivity contribution is 5.75. The first-order valence-corrected chi connectivity index (χ1v) is 5.98. The number of carbonyl (C=O) groups is 2. The predicted octanol–water partition coefficient (Wildman–Crippen LogP) is 0.824. The highest BCUT2D eigenvalue weighted by Gasteiger charge is 2.40. The molecule has 0 bridgehead atoms. The Morgan fingerprint density at radius 2 is 1.89 bits per heavy atom. The Kier molecular flexibility index (Phi) is 4.56. The second-order valence-corrected chi connectivity index (χ2v) is 5.51. The fourth-order valence-corrected chi connectivity index (χ4v) is 2.04. The van der Waals surface area contributed by atoms with Gasteiger partial charge >= 0.3 is 12.1 Å². The van der Waals surface area contributed by atoms with Crippen LogP contribution in [0, 0.1) is 5.92 Å². The number of nitrogens with one attached hydrogen (secondary N) is 1. The minimum absolute atomic E-state index is 0.299. The number of esters is 1. The van der Waals surface area contributed by atoms with Crippen LogP contribution in [-0.2, 0) is 14.3 Å². The standard InChI is InChI=1S/C12H21NO5/c1-12(2,3)18-11(16)13-9-6-7(14)5-8(9)10(15)17-4/h7-9,14H,5-6H2,1-4H3,(H,13,16). The van der Waals surface area contributed by atoms with Crippen LogP contribution in [0.2, 0.25) is 0 Å². The Hall–Kier alpha value is -1.30. The maximum Gasteiger partial charge on any atom is 0.407 e. The van der Waals surface area contributed by atoms with Crippen LogP contribution in [0.25, 0.3) is 0 Å². The van der Waals surface area contributed by atoms with Gasteiger partial charge in [0.25, 0.3) is 0 Å². The zero-order chi connectivity index (χ0) is 13.9. The molecule has 6 nitrogen and oxygen atoms in total. The van der Waals surface area contributed by atoms with Gasteiger partial charge in [-0.25, -0.2) is 4.79 Å². The molecule has 0 radical (unpaired) electrons. The van der Waals surface area contributed by atoms with E-state index in [2.05, 4.69) is 10.1 Å². The minimum atomic E-state index is -0.603. The van der Waals surface area contributed by atoms with Crippen LogP contribution in [-0.4, -0.2) is 42.0 Å². The van der Waals surface area contributed by atoms with Crippen molar-refractivity contribution in [3.05, 3.63) is 0 Å². The maximum absolute atomic E-state index is 11.6. The lowest BCUT2D eigenvalue weighted by Gasteiger charge is -2.23. The van der Waals surface area contributed by atoms with Crippen LogP contribution in [0.5, 0.6) is 0 Å². The fourth-order valence-electron chi connectivity index (χ4n) is 2.04. The maximum atomic E-state index is 11.6. The topological polar surface area (TPSA) is 84.9 Å². The van der Waals surface area contributed by atoms with Gasteiger partial charge in [0.1, 0.15) is 5.60 Å². The van der Waals surface area contributed by atoms with E-state index in [1.807, 2.05) is 0 Å². The number of hydrogen-bond acceptors (Lipinski definition) is 5. The number of methoxy groups -OCH3 is 1. The summed E-state index contributed by atoms with van der Waals surface area (Å²) in [4.78, 5) is 23.1. The van der Waals surface area contributed by atoms with Gasteiger partial charge in [0.05, 0.1) is 19.1 Å². The molecular weight excluding hydrogens is 238 g/mol. The Morgan fingerprint density at radius 1 is 1.28 bits per heavy atom. The molecule has 2 N–H and O–H groups in total. The second kappa shape index (κ2) is 5.56. The third-order valence-electron chi connectivity index (χ3n) is 2.74. The van der Waals surface area contributed by atoms with Crippen molar-refractivity contribution in [3.8, 4) is 0 Å². The normalized spacial score (nSPS) is 27.7. The minimum Gasteiger partial charge on any atom is -0.469 e. The monoisotopic (exact) mass is 259 g/mol. The molecule has 1 aliphatic carbocycles. The average Bonchev–Trinajstić information content (AvgIpc) is 2.55. The molecule has 3 atom stereocenters. The molecule has 0 aromatic heterocycles. The summed E-state index contributed by atoms with van der Waals surface area (Å²) < 4.78 is 9.77. The number of alkyl carbamates (subject to hydrolysis) is 1. The van der Waals surface area contributed by atoms with Crippen molar-refractivity contribution in [1.29, 1.82) is 0 Å². The van der Waals surface area contributed by atoms with Crippen molar-refractivity contribution >= 4 is 12.1 Å². The summed E-state index contributed by atoms with van der Waals surface area (Å²) in [6.45, 7) is 5.27. The molecule has 3 unspecified atom stereocenters. The molecule has 0 spiro atoms. The number of aliphatic hydroxyl groups excluding tert-OH is 1. The molecule has 0 aliphatic heterocycles. The van der Waals surface area contributed by atoms with Gasteiger partial charge in [-0.2, -0.15) is 0 Å². The third kappa shape index (κ3) is 4.18. The molecule has 0 heterocycles. The van der Waals surface area contributed by atoms with Crippen molar-refractivity contribution in [2.75, 3.05) is 7.11 Å². The molecule has 1 rings (SSSR count). The average molecular weight is 259 g/mol. The zero-order valence-corrected chi connectivity index (χ0v) is 11.2. The number of aliphatic hydroxyl groups is 1. The van der Waals surface area contributed by atoms with Crippen molar-refractivity contribution in [2.24, 2.45) is 5.92 Å². The van der Waals surface area contributed by atoms with E-state index in [0.29, 0.717) is 12.8 Å². The molecule has 1 saturated carbocycles. The lowest BCUT2D eigenvalue weighted by molar-refractivity contribution is -0.146. The van der Waals surface area contributed by atoms with Crippen LogP contribution < -0.4 is 5.32 Å². The Labute approximate surface area is 107 Å². The van der Waals surface area contributed by atoms with Gasteiger partial charge in [-0.05, 0) is 33.6 Å². The van der Waals surface area contributed by atoms with Crippen LogP contribution >= 0.6 is 0 Å². The predicted molar refractivity (Wildman–Crippen MR) is 63.9 cm³/mol. The summed E-state index contributed by atoms with van der Waals surface area (Å²) in [5.41, 5.74) is -0.595. The van der Waals surface area contributed by atoms with E-state index in [1.165, 1.54) is 7.11 Å². The van der Waals surface area contributed by atoms with Gasteiger partial charge in [-0.3, -0.25) is 4.79 Å². The highest BCUT2D eigenvalue weighted by atomic mass is 16.6. The van der Waals surface area contributed by atoms with Gasteiger partial charge < -0.3 is 19.9 Å². The Bertz CT molecular complexity index is 323. The SMILES string of the molecule is COC(=O)C1CC(O)CC1NC(=O)OC(C)(C)C. The fraction of sp³-hybridized carbons (Fsp3) is 0.833. The summed E-state index contributed by atoms with van der Waals surface area (Å²) in [7, 11) is 1.29. The molecule has 1 amide bonds. The summed E-state index contributed by atoms with van der Waals surface area (Å²) in [5.74, 6) is -0.940. The molecule has 18 heavy (non-hydrogen) atoms. The van der Waals surface area contributed by atoms with Crippen molar-refractivity contribution in [1.82, 2.24) is 5.32 Å². The van der Waals surface area contributed by atoms with Crippen molar-refractivity contribution in [2.45, 2.75) is 51.4 Å². The first-order valence-electron chi connectivity index (χ1n) is 5.98. The first kappa shape index (κ1) is 14.8. The van der Waals surface area contributed by atoms with E-state index >= 15 is 0 Å². The highest BCUT2D eigenvalue weighted by Crippen LogP contribution is 2.27. The number of hydrogen-bond donors (Lipinski definition) is 2. The summed E-state index contributed by atoms with van der Waals surface area (Å²) in [6.07, 6.45) is -0.559. The number of rotatable bonds is 2. The zero-order valence-electron chi connectivity index (χ0n) is 11.2. The van der Waals surface area contributed by atoms with Crippen molar-refractivity contribution < 1.29 is 24.2 Å². The molecule has 0 aromatic rings. The smallest absolute Gasteiger partial charge is 0.407 e. The number of carbonyl (C=O) groups excluding carboxylic acids is 2. The van der Waals surface area contributed by atoms with Crippen LogP contribution in [0.4, 0.5) is 4.79 Å². The molecule has 1 aliphatic rings. The molecule has 104 valence electrons. The van der Waals surface area contributed by atoms with Gasteiger partial charge in [0.15, 0.2) is 0 Å². The second-order valence-electron chi connectivity index (χ2n) is 5.51. The summed E-state index contributed by atoms with van der Waals surface area (Å²) >= 11 is 0. The number of ether oxygens (including phenoxy) is 2. The van der Waals surface area contributed by atoms with E-state index in [-0.39, 0.29) is 0 Å². The molecule has 1 fully saturated rings. The van der Waals surface area contributed by atoms with Gasteiger partial charge in [-0.15, -0.1) is 0 Å². The van der Waals surface area contributed by atoms with Crippen LogP contribution in [0.1, 0.15) is 33.6 Å². The van der Waals surface area contributed by atoms with E-state index in [9.17, 15) is 14.7 Å². The quantitative estimate of drug-likeness (QED) is 0.717. The lowest BCUT2D eigenvalue weighted by Crippen LogP contribution is -2.43. The van der Waals surface area contributed by atoms with E-state index in [1.54, 1.807) is 20.8 Å².